The fourth-order valence-electron chi connectivity index (χ4n) is 3.32. The van der Waals surface area contributed by atoms with Gasteiger partial charge in [-0.3, -0.25) is 10.1 Å². The van der Waals surface area contributed by atoms with Crippen LogP contribution in [0.3, 0.4) is 0 Å². The molecule has 0 radical (unpaired) electrons. The van der Waals surface area contributed by atoms with Crippen LogP contribution < -0.4 is 20.4 Å². The zero-order valence-electron chi connectivity index (χ0n) is 16.9. The zero-order chi connectivity index (χ0) is 19.5. The van der Waals surface area contributed by atoms with Gasteiger partial charge in [-0.05, 0) is 58.7 Å². The highest BCUT2D eigenvalue weighted by atomic mass is 16.2. The lowest BCUT2D eigenvalue weighted by atomic mass is 10.1. The second kappa shape index (κ2) is 8.08. The molecule has 1 fully saturated rings. The SMILES string of the molecule is Cc1cccc(N2CC[NH+]([C@H](C)C(=O)NC(=O)NC(C)(C)C)CC2)c1C. The van der Waals surface area contributed by atoms with E-state index in [1.807, 2.05) is 27.7 Å². The number of piperazine rings is 1. The lowest BCUT2D eigenvalue weighted by molar-refractivity contribution is -0.914. The average molecular weight is 362 g/mol. The van der Waals surface area contributed by atoms with Crippen molar-refractivity contribution in [3.63, 3.8) is 0 Å². The van der Waals surface area contributed by atoms with Gasteiger partial charge in [0.05, 0.1) is 26.2 Å². The monoisotopic (exact) mass is 361 g/mol. The minimum atomic E-state index is -0.428. The number of amides is 3. The summed E-state index contributed by atoms with van der Waals surface area (Å²) in [6, 6.07) is 5.72. The van der Waals surface area contributed by atoms with Gasteiger partial charge < -0.3 is 15.1 Å². The number of aryl methyl sites for hydroxylation is 1. The molecule has 0 aliphatic carbocycles. The van der Waals surface area contributed by atoms with Crippen LogP contribution in [-0.4, -0.2) is 49.7 Å². The number of carbonyl (C=O) groups excluding carboxylic acids is 2. The summed E-state index contributed by atoms with van der Waals surface area (Å²) in [6.07, 6.45) is 0. The molecule has 1 aromatic carbocycles. The van der Waals surface area contributed by atoms with Gasteiger partial charge in [-0.25, -0.2) is 4.79 Å². The van der Waals surface area contributed by atoms with Gasteiger partial charge in [0.1, 0.15) is 0 Å². The van der Waals surface area contributed by atoms with Crippen LogP contribution in [0.5, 0.6) is 0 Å². The van der Waals surface area contributed by atoms with E-state index in [-0.39, 0.29) is 17.5 Å². The van der Waals surface area contributed by atoms with Crippen molar-refractivity contribution in [1.82, 2.24) is 10.6 Å². The predicted molar refractivity (Wildman–Crippen MR) is 105 cm³/mol. The molecule has 0 spiro atoms. The maximum atomic E-state index is 12.4. The summed E-state index contributed by atoms with van der Waals surface area (Å²) in [5, 5.41) is 5.23. The molecule has 6 nitrogen and oxygen atoms in total. The van der Waals surface area contributed by atoms with E-state index in [2.05, 4.69) is 47.6 Å². The number of anilines is 1. The van der Waals surface area contributed by atoms with Crippen LogP contribution in [0.1, 0.15) is 38.8 Å². The van der Waals surface area contributed by atoms with Crippen molar-refractivity contribution < 1.29 is 14.5 Å². The van der Waals surface area contributed by atoms with Gasteiger partial charge in [0.2, 0.25) is 0 Å². The average Bonchev–Trinajstić information content (AvgIpc) is 2.55. The Bertz CT molecular complexity index is 658. The van der Waals surface area contributed by atoms with Gasteiger partial charge in [0.15, 0.2) is 6.04 Å². The number of nitrogens with one attached hydrogen (secondary N) is 3. The predicted octanol–water partition coefficient (Wildman–Crippen LogP) is 1.02. The fourth-order valence-corrected chi connectivity index (χ4v) is 3.32. The van der Waals surface area contributed by atoms with E-state index in [0.29, 0.717) is 0 Å². The highest BCUT2D eigenvalue weighted by Crippen LogP contribution is 2.22. The molecule has 3 amide bonds. The van der Waals surface area contributed by atoms with E-state index in [1.165, 1.54) is 21.7 Å². The second-order valence-corrected chi connectivity index (χ2v) is 8.28. The number of nitrogens with zero attached hydrogens (tertiary/aromatic N) is 1. The molecule has 1 atom stereocenters. The Balaban J connectivity index is 1.89. The molecular weight excluding hydrogens is 328 g/mol. The second-order valence-electron chi connectivity index (χ2n) is 8.28. The summed E-state index contributed by atoms with van der Waals surface area (Å²) in [4.78, 5) is 27.9. The number of urea groups is 1. The topological polar surface area (TPSA) is 65.9 Å². The van der Waals surface area contributed by atoms with Gasteiger partial charge in [-0.1, -0.05) is 12.1 Å². The third-order valence-electron chi connectivity index (χ3n) is 5.05. The Morgan fingerprint density at radius 1 is 1.15 bits per heavy atom. The minimum absolute atomic E-state index is 0.220. The number of carbonyl (C=O) groups is 2. The summed E-state index contributed by atoms with van der Waals surface area (Å²) in [6.45, 7) is 15.4. The molecule has 0 saturated carbocycles. The van der Waals surface area contributed by atoms with Crippen LogP contribution in [0.25, 0.3) is 0 Å². The van der Waals surface area contributed by atoms with Crippen LogP contribution >= 0.6 is 0 Å². The zero-order valence-corrected chi connectivity index (χ0v) is 16.9. The maximum Gasteiger partial charge on any atom is 0.322 e. The first-order valence-electron chi connectivity index (χ1n) is 9.37. The summed E-state index contributed by atoms with van der Waals surface area (Å²) in [5.41, 5.74) is 3.54. The van der Waals surface area contributed by atoms with Crippen molar-refractivity contribution in [2.45, 2.75) is 53.1 Å². The molecule has 3 N–H and O–H groups in total. The number of rotatable bonds is 3. The quantitative estimate of drug-likeness (QED) is 0.753. The van der Waals surface area contributed by atoms with Crippen molar-refractivity contribution >= 4 is 17.6 Å². The molecule has 0 unspecified atom stereocenters. The molecule has 1 heterocycles. The summed E-state index contributed by atoms with van der Waals surface area (Å²) in [5.74, 6) is -0.220. The van der Waals surface area contributed by atoms with Crippen LogP contribution in [0, 0.1) is 13.8 Å². The van der Waals surface area contributed by atoms with Crippen LogP contribution in [0.2, 0.25) is 0 Å². The molecule has 26 heavy (non-hydrogen) atoms. The third-order valence-corrected chi connectivity index (χ3v) is 5.05. The number of hydrogen-bond acceptors (Lipinski definition) is 3. The number of hydrogen-bond donors (Lipinski definition) is 3. The first kappa shape index (κ1) is 20.2. The van der Waals surface area contributed by atoms with Gasteiger partial charge in [-0.2, -0.15) is 0 Å². The highest BCUT2D eigenvalue weighted by molar-refractivity contribution is 5.96. The molecule has 1 saturated heterocycles. The van der Waals surface area contributed by atoms with E-state index in [9.17, 15) is 9.59 Å². The standard InChI is InChI=1S/C20H32N4O2/c1-14-8-7-9-17(15(14)2)24-12-10-23(11-13-24)16(3)18(25)21-19(26)22-20(4,5)6/h7-9,16H,10-13H2,1-6H3,(H2,21,22,25,26)/p+1/t16-/m1/s1. The normalized spacial score (nSPS) is 16.9. The molecule has 144 valence electrons. The summed E-state index contributed by atoms with van der Waals surface area (Å²) >= 11 is 0. The van der Waals surface area contributed by atoms with Crippen molar-refractivity contribution in [3.05, 3.63) is 29.3 Å². The molecule has 1 aliphatic heterocycles. The van der Waals surface area contributed by atoms with Crippen molar-refractivity contribution in [2.75, 3.05) is 31.1 Å². The number of quaternary nitrogens is 1. The van der Waals surface area contributed by atoms with Crippen LogP contribution in [0.15, 0.2) is 18.2 Å². The van der Waals surface area contributed by atoms with Crippen LogP contribution in [0.4, 0.5) is 10.5 Å². The first-order chi connectivity index (χ1) is 12.1. The molecule has 2 rings (SSSR count). The van der Waals surface area contributed by atoms with E-state index in [0.717, 1.165) is 26.2 Å². The largest absolute Gasteiger partial charge is 0.360 e. The van der Waals surface area contributed by atoms with Gasteiger partial charge >= 0.3 is 6.03 Å². The Kier molecular flexibility index (Phi) is 6.29. The van der Waals surface area contributed by atoms with Crippen molar-refractivity contribution in [1.29, 1.82) is 0 Å². The van der Waals surface area contributed by atoms with Crippen molar-refractivity contribution in [2.24, 2.45) is 0 Å². The van der Waals surface area contributed by atoms with Crippen LogP contribution in [-0.2, 0) is 4.79 Å². The minimum Gasteiger partial charge on any atom is -0.360 e. The molecule has 0 aromatic heterocycles. The Morgan fingerprint density at radius 3 is 2.35 bits per heavy atom. The highest BCUT2D eigenvalue weighted by Gasteiger charge is 2.31. The smallest absolute Gasteiger partial charge is 0.322 e. The fraction of sp³-hybridized carbons (Fsp3) is 0.600. The summed E-state index contributed by atoms with van der Waals surface area (Å²) < 4.78 is 0. The lowest BCUT2D eigenvalue weighted by Crippen LogP contribution is -3.19. The van der Waals surface area contributed by atoms with E-state index in [1.54, 1.807) is 0 Å². The Labute approximate surface area is 156 Å². The first-order valence-corrected chi connectivity index (χ1v) is 9.37. The molecule has 0 bridgehead atoms. The van der Waals surface area contributed by atoms with Gasteiger partial charge in [0.25, 0.3) is 5.91 Å². The Morgan fingerprint density at radius 2 is 1.77 bits per heavy atom. The third kappa shape index (κ3) is 5.21. The van der Waals surface area contributed by atoms with Gasteiger partial charge in [0, 0.05) is 11.2 Å². The molecular formula is C20H33N4O2+. The number of benzene rings is 1. The van der Waals surface area contributed by atoms with Gasteiger partial charge in [-0.15, -0.1) is 0 Å². The molecule has 1 aromatic rings. The van der Waals surface area contributed by atoms with E-state index in [4.69, 9.17) is 0 Å². The van der Waals surface area contributed by atoms with E-state index < -0.39 is 6.03 Å². The summed E-state index contributed by atoms with van der Waals surface area (Å²) in [7, 11) is 0. The molecule has 6 heteroatoms. The van der Waals surface area contributed by atoms with E-state index >= 15 is 0 Å². The molecule has 1 aliphatic rings. The maximum absolute atomic E-state index is 12.4. The van der Waals surface area contributed by atoms with Crippen molar-refractivity contribution in [3.8, 4) is 0 Å². The lowest BCUT2D eigenvalue weighted by Gasteiger charge is -2.36. The Hall–Kier alpha value is -2.08. The number of imide groups is 1.